The molecule has 0 saturated carbocycles. The topological polar surface area (TPSA) is 78.7 Å². The fraction of sp³-hybridized carbons (Fsp3) is 0.440. The van der Waals surface area contributed by atoms with Gasteiger partial charge in [0.25, 0.3) is 5.91 Å². The van der Waals surface area contributed by atoms with E-state index in [9.17, 15) is 14.0 Å². The number of halogens is 2. The van der Waals surface area contributed by atoms with E-state index < -0.39 is 11.9 Å². The highest BCUT2D eigenvalue weighted by molar-refractivity contribution is 6.33. The summed E-state index contributed by atoms with van der Waals surface area (Å²) in [5, 5.41) is 3.22. The summed E-state index contributed by atoms with van der Waals surface area (Å²) in [5.74, 6) is -0.362. The van der Waals surface area contributed by atoms with Gasteiger partial charge < -0.3 is 20.9 Å². The molecule has 2 saturated heterocycles. The van der Waals surface area contributed by atoms with Gasteiger partial charge in [-0.3, -0.25) is 9.59 Å². The van der Waals surface area contributed by atoms with Crippen molar-refractivity contribution in [2.45, 2.75) is 25.4 Å². The number of likely N-dealkylation sites (tertiary alicyclic amines) is 2. The van der Waals surface area contributed by atoms with Crippen LogP contribution in [-0.2, 0) is 4.79 Å². The predicted octanol–water partition coefficient (Wildman–Crippen LogP) is 3.08. The lowest BCUT2D eigenvalue weighted by Gasteiger charge is -2.25. The van der Waals surface area contributed by atoms with Crippen LogP contribution in [0.2, 0.25) is 5.02 Å². The highest BCUT2D eigenvalue weighted by Crippen LogP contribution is 2.33. The molecule has 4 atom stereocenters. The highest BCUT2D eigenvalue weighted by atomic mass is 35.5. The number of rotatable bonds is 7. The summed E-state index contributed by atoms with van der Waals surface area (Å²) in [6.07, 6.45) is 0.773. The molecule has 2 fully saturated rings. The third-order valence-electron chi connectivity index (χ3n) is 6.69. The first-order valence-corrected chi connectivity index (χ1v) is 11.8. The molecule has 2 aliphatic rings. The Hall–Kier alpha value is -2.48. The molecule has 0 spiro atoms. The van der Waals surface area contributed by atoms with Crippen LogP contribution in [0, 0.1) is 17.7 Å². The first-order chi connectivity index (χ1) is 15.8. The number of fused-ring (bicyclic) bond motifs is 1. The second-order valence-electron chi connectivity index (χ2n) is 9.14. The molecular formula is C25H30ClFN4O2. The van der Waals surface area contributed by atoms with Gasteiger partial charge in [0.15, 0.2) is 0 Å². The van der Waals surface area contributed by atoms with Crippen molar-refractivity contribution in [3.05, 3.63) is 70.5 Å². The fourth-order valence-electron chi connectivity index (χ4n) is 4.92. The Morgan fingerprint density at radius 1 is 1.09 bits per heavy atom. The van der Waals surface area contributed by atoms with Gasteiger partial charge in [0, 0.05) is 32.7 Å². The average Bonchev–Trinajstić information content (AvgIpc) is 3.35. The third-order valence-corrected chi connectivity index (χ3v) is 7.01. The normalized spacial score (nSPS) is 22.1. The second-order valence-corrected chi connectivity index (χ2v) is 9.54. The molecule has 2 aliphatic heterocycles. The molecule has 0 aromatic heterocycles. The Morgan fingerprint density at radius 2 is 1.76 bits per heavy atom. The minimum Gasteiger partial charge on any atom is -0.348 e. The average molecular weight is 473 g/mol. The fourth-order valence-corrected chi connectivity index (χ4v) is 5.17. The Labute approximate surface area is 198 Å². The second kappa shape index (κ2) is 10.2. The van der Waals surface area contributed by atoms with E-state index in [1.54, 1.807) is 17.9 Å². The van der Waals surface area contributed by atoms with Crippen molar-refractivity contribution in [1.82, 2.24) is 15.1 Å². The van der Waals surface area contributed by atoms with E-state index in [1.165, 1.54) is 12.1 Å². The van der Waals surface area contributed by atoms with Crippen LogP contribution in [0.5, 0.6) is 0 Å². The van der Waals surface area contributed by atoms with Crippen LogP contribution in [0.4, 0.5) is 4.39 Å². The zero-order valence-corrected chi connectivity index (χ0v) is 19.5. The minimum atomic E-state index is -0.577. The van der Waals surface area contributed by atoms with Crippen LogP contribution in [0.25, 0.3) is 0 Å². The van der Waals surface area contributed by atoms with Crippen LogP contribution in [0.3, 0.4) is 0 Å². The van der Waals surface area contributed by atoms with Gasteiger partial charge in [0.1, 0.15) is 5.82 Å². The zero-order chi connectivity index (χ0) is 23.5. The molecule has 176 valence electrons. The summed E-state index contributed by atoms with van der Waals surface area (Å²) >= 11 is 6.09. The molecule has 2 unspecified atom stereocenters. The summed E-state index contributed by atoms with van der Waals surface area (Å²) in [5.41, 5.74) is 6.78. The third kappa shape index (κ3) is 5.37. The molecule has 0 aliphatic carbocycles. The number of carbonyl (C=O) groups excluding carboxylic acids is 2. The van der Waals surface area contributed by atoms with Gasteiger partial charge in [0.05, 0.1) is 22.7 Å². The quantitative estimate of drug-likeness (QED) is 0.649. The summed E-state index contributed by atoms with van der Waals surface area (Å²) in [4.78, 5) is 29.2. The molecule has 4 rings (SSSR count). The van der Waals surface area contributed by atoms with Crippen molar-refractivity contribution in [1.29, 1.82) is 0 Å². The lowest BCUT2D eigenvalue weighted by Crippen LogP contribution is -2.41. The molecule has 2 aromatic carbocycles. The monoisotopic (exact) mass is 472 g/mol. The molecule has 3 N–H and O–H groups in total. The van der Waals surface area contributed by atoms with Gasteiger partial charge in [-0.25, -0.2) is 4.39 Å². The van der Waals surface area contributed by atoms with E-state index in [-0.39, 0.29) is 28.4 Å². The van der Waals surface area contributed by atoms with E-state index >= 15 is 0 Å². The first kappa shape index (κ1) is 23.7. The van der Waals surface area contributed by atoms with Gasteiger partial charge in [-0.1, -0.05) is 48.0 Å². The molecule has 2 amide bonds. The van der Waals surface area contributed by atoms with Crippen LogP contribution >= 0.6 is 11.6 Å². The number of benzene rings is 2. The molecule has 8 heteroatoms. The van der Waals surface area contributed by atoms with Gasteiger partial charge in [0.2, 0.25) is 5.91 Å². The van der Waals surface area contributed by atoms with Crippen LogP contribution in [0.15, 0.2) is 48.5 Å². The van der Waals surface area contributed by atoms with E-state index in [0.29, 0.717) is 24.9 Å². The number of nitrogens with one attached hydrogen (secondary N) is 1. The van der Waals surface area contributed by atoms with Crippen molar-refractivity contribution >= 4 is 23.4 Å². The molecule has 33 heavy (non-hydrogen) atoms. The highest BCUT2D eigenvalue weighted by Gasteiger charge is 2.42. The minimum absolute atomic E-state index is 0.0356. The lowest BCUT2D eigenvalue weighted by molar-refractivity contribution is -0.122. The Morgan fingerprint density at radius 3 is 2.36 bits per heavy atom. The Balaban J connectivity index is 1.34. The molecule has 0 bridgehead atoms. The number of nitrogens with two attached hydrogens (primary N) is 1. The number of carbonyl (C=O) groups is 2. The van der Waals surface area contributed by atoms with Crippen molar-refractivity contribution in [3.8, 4) is 0 Å². The van der Waals surface area contributed by atoms with Crippen molar-refractivity contribution < 1.29 is 14.0 Å². The number of hydrogen-bond acceptors (Lipinski definition) is 4. The number of nitrogens with zero attached hydrogens (tertiary/aromatic N) is 2. The molecule has 2 heterocycles. The maximum Gasteiger partial charge on any atom is 0.258 e. The molecule has 6 nitrogen and oxygen atoms in total. The van der Waals surface area contributed by atoms with E-state index in [1.807, 2.05) is 30.3 Å². The largest absolute Gasteiger partial charge is 0.348 e. The van der Waals surface area contributed by atoms with Crippen LogP contribution in [0.1, 0.15) is 35.3 Å². The maximum absolute atomic E-state index is 14.2. The Kier molecular flexibility index (Phi) is 7.32. The summed E-state index contributed by atoms with van der Waals surface area (Å²) in [7, 11) is 0. The van der Waals surface area contributed by atoms with E-state index in [0.717, 1.165) is 31.6 Å². The van der Waals surface area contributed by atoms with Gasteiger partial charge in [-0.05, 0) is 42.9 Å². The smallest absolute Gasteiger partial charge is 0.258 e. The lowest BCUT2D eigenvalue weighted by atomic mass is 10.0. The van der Waals surface area contributed by atoms with Gasteiger partial charge >= 0.3 is 0 Å². The van der Waals surface area contributed by atoms with Gasteiger partial charge in [-0.15, -0.1) is 0 Å². The van der Waals surface area contributed by atoms with Crippen molar-refractivity contribution in [3.63, 3.8) is 0 Å². The SMILES string of the molecule is CC(N)C(=O)N[C@@H](CCN1CC2CN(C(=O)c3c(F)cccc3Cl)C[C@@H]2C1)c1ccccc1. The zero-order valence-electron chi connectivity index (χ0n) is 18.7. The Bertz CT molecular complexity index is 969. The first-order valence-electron chi connectivity index (χ1n) is 11.4. The maximum atomic E-state index is 14.2. The molecule has 0 radical (unpaired) electrons. The van der Waals surface area contributed by atoms with Crippen LogP contribution < -0.4 is 11.1 Å². The predicted molar refractivity (Wildman–Crippen MR) is 126 cm³/mol. The standard InChI is InChI=1S/C25H30ClFN4O2/c1-16(28)24(32)29-22(17-6-3-2-4-7-17)10-11-30-12-18-14-31(15-19(18)13-30)25(33)23-20(26)8-5-9-21(23)27/h2-9,16,18-19,22H,10-15,28H2,1H3,(H,29,32)/t16?,18-,19?,22-/m0/s1. The van der Waals surface area contributed by atoms with Crippen molar-refractivity contribution in [2.24, 2.45) is 17.6 Å². The van der Waals surface area contributed by atoms with E-state index in [4.69, 9.17) is 17.3 Å². The molecule has 2 aromatic rings. The summed E-state index contributed by atoms with van der Waals surface area (Å²) in [6, 6.07) is 13.6. The summed E-state index contributed by atoms with van der Waals surface area (Å²) in [6.45, 7) is 5.48. The van der Waals surface area contributed by atoms with E-state index in [2.05, 4.69) is 10.2 Å². The number of hydrogen-bond donors (Lipinski definition) is 2. The van der Waals surface area contributed by atoms with Gasteiger partial charge in [-0.2, -0.15) is 0 Å². The van der Waals surface area contributed by atoms with Crippen LogP contribution in [-0.4, -0.2) is 60.4 Å². The summed E-state index contributed by atoms with van der Waals surface area (Å²) < 4.78 is 14.2. The molecular weight excluding hydrogens is 443 g/mol. The van der Waals surface area contributed by atoms with Crippen molar-refractivity contribution in [2.75, 3.05) is 32.7 Å². The number of amides is 2.